The lowest BCUT2D eigenvalue weighted by molar-refractivity contribution is 0.101. The van der Waals surface area contributed by atoms with Crippen LogP contribution in [-0.4, -0.2) is 10.6 Å². The third kappa shape index (κ3) is 2.42. The van der Waals surface area contributed by atoms with Crippen LogP contribution in [0.25, 0.3) is 0 Å². The van der Waals surface area contributed by atoms with Crippen molar-refractivity contribution in [3.05, 3.63) is 35.1 Å². The van der Waals surface area contributed by atoms with Crippen LogP contribution in [0.1, 0.15) is 15.9 Å². The van der Waals surface area contributed by atoms with Crippen LogP contribution in [0.4, 0.5) is 4.39 Å². The zero-order chi connectivity index (χ0) is 10.0. The van der Waals surface area contributed by atoms with E-state index in [9.17, 15) is 9.18 Å². The minimum atomic E-state index is -1.09. The second-order valence-corrected chi connectivity index (χ2v) is 3.73. The first-order valence-electron chi connectivity index (χ1n) is 3.61. The van der Waals surface area contributed by atoms with E-state index in [-0.39, 0.29) is 5.82 Å². The highest BCUT2D eigenvalue weighted by Crippen LogP contribution is 2.15. The number of halogens is 3. The molecule has 1 nitrogen and oxygen atoms in total. The van der Waals surface area contributed by atoms with Crippen molar-refractivity contribution in [3.8, 4) is 0 Å². The maximum atomic E-state index is 12.8. The van der Waals surface area contributed by atoms with Crippen molar-refractivity contribution in [1.29, 1.82) is 0 Å². The van der Waals surface area contributed by atoms with Crippen molar-refractivity contribution in [1.82, 2.24) is 0 Å². The Morgan fingerprint density at radius 2 is 2.08 bits per heavy atom. The van der Waals surface area contributed by atoms with E-state index < -0.39 is 10.6 Å². The van der Waals surface area contributed by atoms with Crippen molar-refractivity contribution in [2.45, 2.75) is 11.8 Å². The normalized spacial score (nSPS) is 10.5. The minimum absolute atomic E-state index is 0.328. The Bertz CT molecular complexity index is 336. The summed E-state index contributed by atoms with van der Waals surface area (Å²) >= 11 is 10.8. The number of aryl methyl sites for hydroxylation is 1. The molecular formula is C9H7Cl2FO. The van der Waals surface area contributed by atoms with Gasteiger partial charge >= 0.3 is 0 Å². The Labute approximate surface area is 85.5 Å². The van der Waals surface area contributed by atoms with Gasteiger partial charge in [-0.15, -0.1) is 0 Å². The summed E-state index contributed by atoms with van der Waals surface area (Å²) < 4.78 is 12.8. The molecule has 0 fully saturated rings. The molecule has 0 aromatic heterocycles. The molecule has 1 aromatic rings. The summed E-state index contributed by atoms with van der Waals surface area (Å²) in [5.41, 5.74) is 0.730. The quantitative estimate of drug-likeness (QED) is 0.553. The van der Waals surface area contributed by atoms with E-state index in [1.807, 2.05) is 0 Å². The third-order valence-corrected chi connectivity index (χ3v) is 2.04. The Morgan fingerprint density at radius 1 is 1.46 bits per heavy atom. The molecule has 0 spiro atoms. The lowest BCUT2D eigenvalue weighted by Crippen LogP contribution is -2.08. The lowest BCUT2D eigenvalue weighted by Gasteiger charge is -2.02. The molecule has 0 amide bonds. The van der Waals surface area contributed by atoms with Crippen molar-refractivity contribution in [2.24, 2.45) is 0 Å². The molecule has 0 atom stereocenters. The molecule has 0 aliphatic rings. The largest absolute Gasteiger partial charge is 0.291 e. The van der Waals surface area contributed by atoms with Gasteiger partial charge in [0.2, 0.25) is 0 Å². The van der Waals surface area contributed by atoms with Crippen LogP contribution >= 0.6 is 23.2 Å². The van der Waals surface area contributed by atoms with Crippen LogP contribution in [0.15, 0.2) is 18.2 Å². The van der Waals surface area contributed by atoms with E-state index in [0.717, 1.165) is 0 Å². The number of rotatable bonds is 2. The first-order chi connectivity index (χ1) is 6.02. The van der Waals surface area contributed by atoms with E-state index in [1.165, 1.54) is 18.2 Å². The zero-order valence-electron chi connectivity index (χ0n) is 6.85. The molecule has 0 aliphatic heterocycles. The predicted molar refractivity (Wildman–Crippen MR) is 51.0 cm³/mol. The topological polar surface area (TPSA) is 17.1 Å². The fraction of sp³-hybridized carbons (Fsp3) is 0.222. The Kier molecular flexibility index (Phi) is 3.28. The van der Waals surface area contributed by atoms with Crippen LogP contribution in [0.3, 0.4) is 0 Å². The molecular weight excluding hydrogens is 214 g/mol. The summed E-state index contributed by atoms with van der Waals surface area (Å²) in [6, 6.07) is 4.01. The summed E-state index contributed by atoms with van der Waals surface area (Å²) in [6.45, 7) is 1.57. The number of carbonyl (C=O) groups is 1. The van der Waals surface area contributed by atoms with Gasteiger partial charge in [-0.1, -0.05) is 23.2 Å². The molecule has 0 saturated heterocycles. The van der Waals surface area contributed by atoms with Crippen LogP contribution in [0.2, 0.25) is 0 Å². The predicted octanol–water partition coefficient (Wildman–Crippen LogP) is 3.12. The van der Waals surface area contributed by atoms with Crippen molar-refractivity contribution < 1.29 is 9.18 Å². The van der Waals surface area contributed by atoms with Gasteiger partial charge in [0.1, 0.15) is 5.82 Å². The number of hydrogen-bond acceptors (Lipinski definition) is 1. The maximum Gasteiger partial charge on any atom is 0.195 e. The summed E-state index contributed by atoms with van der Waals surface area (Å²) in [6.07, 6.45) is 0. The Balaban J connectivity index is 3.04. The summed E-state index contributed by atoms with van der Waals surface area (Å²) in [5.74, 6) is -0.760. The van der Waals surface area contributed by atoms with Crippen LogP contribution in [0.5, 0.6) is 0 Å². The average molecular weight is 221 g/mol. The highest BCUT2D eigenvalue weighted by molar-refractivity contribution is 6.55. The molecule has 4 heteroatoms. The number of Topliss-reactive ketones (excluding diaryl/α,β-unsaturated/α-hetero) is 1. The molecule has 1 rings (SSSR count). The monoisotopic (exact) mass is 220 g/mol. The third-order valence-electron chi connectivity index (χ3n) is 1.64. The zero-order valence-corrected chi connectivity index (χ0v) is 8.36. The number of carbonyl (C=O) groups excluding carboxylic acids is 1. The maximum absolute atomic E-state index is 12.8. The van der Waals surface area contributed by atoms with Gasteiger partial charge in [-0.05, 0) is 30.7 Å². The van der Waals surface area contributed by atoms with Gasteiger partial charge in [-0.25, -0.2) is 4.39 Å². The van der Waals surface area contributed by atoms with E-state index in [2.05, 4.69) is 0 Å². The summed E-state index contributed by atoms with van der Waals surface area (Å²) in [4.78, 5) is 10.1. The average Bonchev–Trinajstić information content (AvgIpc) is 2.08. The second kappa shape index (κ2) is 4.07. The fourth-order valence-corrected chi connectivity index (χ4v) is 1.18. The van der Waals surface area contributed by atoms with Crippen molar-refractivity contribution in [3.63, 3.8) is 0 Å². The van der Waals surface area contributed by atoms with Gasteiger partial charge in [0.05, 0.1) is 0 Å². The highest BCUT2D eigenvalue weighted by Gasteiger charge is 2.14. The smallest absolute Gasteiger partial charge is 0.195 e. The minimum Gasteiger partial charge on any atom is -0.291 e. The molecule has 13 heavy (non-hydrogen) atoms. The van der Waals surface area contributed by atoms with Gasteiger partial charge in [0, 0.05) is 5.56 Å². The van der Waals surface area contributed by atoms with Gasteiger partial charge in [-0.3, -0.25) is 4.79 Å². The van der Waals surface area contributed by atoms with E-state index >= 15 is 0 Å². The van der Waals surface area contributed by atoms with Crippen molar-refractivity contribution >= 4 is 29.0 Å². The Hall–Kier alpha value is -0.600. The van der Waals surface area contributed by atoms with Gasteiger partial charge in [0.15, 0.2) is 10.6 Å². The van der Waals surface area contributed by atoms with Gasteiger partial charge < -0.3 is 0 Å². The number of ketones is 1. The molecule has 0 heterocycles. The first kappa shape index (κ1) is 10.5. The number of benzene rings is 1. The molecule has 0 N–H and O–H groups in total. The van der Waals surface area contributed by atoms with E-state index in [4.69, 9.17) is 23.2 Å². The summed E-state index contributed by atoms with van der Waals surface area (Å²) in [5, 5.41) is 0. The molecule has 0 aliphatic carbocycles. The van der Waals surface area contributed by atoms with Crippen molar-refractivity contribution in [2.75, 3.05) is 0 Å². The lowest BCUT2D eigenvalue weighted by atomic mass is 10.1. The molecule has 0 saturated carbocycles. The van der Waals surface area contributed by atoms with Crippen LogP contribution < -0.4 is 0 Å². The number of hydrogen-bond donors (Lipinski definition) is 0. The number of alkyl halides is 2. The highest BCUT2D eigenvalue weighted by atomic mass is 35.5. The Morgan fingerprint density at radius 3 is 2.54 bits per heavy atom. The van der Waals surface area contributed by atoms with Crippen LogP contribution in [-0.2, 0) is 0 Å². The standard InChI is InChI=1S/C9H7Cl2FO/c1-5-4-6(2-3-7(5)12)8(13)9(10)11/h2-4,9H,1H3. The molecule has 0 bridgehead atoms. The second-order valence-electron chi connectivity index (χ2n) is 2.63. The van der Waals surface area contributed by atoms with Crippen LogP contribution in [0, 0.1) is 12.7 Å². The van der Waals surface area contributed by atoms with E-state index in [0.29, 0.717) is 11.1 Å². The molecule has 0 unspecified atom stereocenters. The molecule has 0 radical (unpaired) electrons. The van der Waals surface area contributed by atoms with Gasteiger partial charge in [0.25, 0.3) is 0 Å². The van der Waals surface area contributed by atoms with E-state index in [1.54, 1.807) is 6.92 Å². The molecule has 70 valence electrons. The summed E-state index contributed by atoms with van der Waals surface area (Å²) in [7, 11) is 0. The SMILES string of the molecule is Cc1cc(C(=O)C(Cl)Cl)ccc1F. The van der Waals surface area contributed by atoms with Gasteiger partial charge in [-0.2, -0.15) is 0 Å². The fourth-order valence-electron chi connectivity index (χ4n) is 0.924. The first-order valence-corrected chi connectivity index (χ1v) is 4.48. The molecule has 1 aromatic carbocycles.